The summed E-state index contributed by atoms with van der Waals surface area (Å²) >= 11 is 0. The standard InChI is InChI=1S/C19H23N3O3/c1-21(2)11-12-25-15-7-8-16-14(13-15)9-10-20-19(16)17-5-3-4-6-18(17)22(23)24/h3-8,13,19-20H,9-12H2,1-2H3. The molecule has 6 nitrogen and oxygen atoms in total. The molecule has 1 atom stereocenters. The van der Waals surface area contributed by atoms with Gasteiger partial charge < -0.3 is 15.0 Å². The fourth-order valence-corrected chi connectivity index (χ4v) is 3.15. The Labute approximate surface area is 147 Å². The van der Waals surface area contributed by atoms with Crippen LogP contribution in [0.2, 0.25) is 0 Å². The van der Waals surface area contributed by atoms with Crippen LogP contribution in [-0.2, 0) is 6.42 Å². The van der Waals surface area contributed by atoms with E-state index in [4.69, 9.17) is 4.74 Å². The molecule has 132 valence electrons. The van der Waals surface area contributed by atoms with E-state index in [0.29, 0.717) is 12.2 Å². The SMILES string of the molecule is CN(C)CCOc1ccc2c(c1)CCNC2c1ccccc1[N+](=O)[O-]. The summed E-state index contributed by atoms with van der Waals surface area (Å²) in [5.74, 6) is 0.851. The molecule has 1 unspecified atom stereocenters. The van der Waals surface area contributed by atoms with Crippen LogP contribution in [0.1, 0.15) is 22.7 Å². The van der Waals surface area contributed by atoms with Gasteiger partial charge in [-0.3, -0.25) is 10.1 Å². The van der Waals surface area contributed by atoms with Gasteiger partial charge in [-0.25, -0.2) is 0 Å². The van der Waals surface area contributed by atoms with Crippen LogP contribution in [0.4, 0.5) is 5.69 Å². The monoisotopic (exact) mass is 341 g/mol. The first-order valence-electron chi connectivity index (χ1n) is 8.43. The molecule has 0 amide bonds. The number of rotatable bonds is 6. The number of hydrogen-bond donors (Lipinski definition) is 1. The molecule has 0 radical (unpaired) electrons. The first kappa shape index (κ1) is 17.4. The lowest BCUT2D eigenvalue weighted by molar-refractivity contribution is -0.385. The van der Waals surface area contributed by atoms with Gasteiger partial charge in [0.15, 0.2) is 0 Å². The predicted octanol–water partition coefficient (Wildman–Crippen LogP) is 2.77. The minimum Gasteiger partial charge on any atom is -0.492 e. The van der Waals surface area contributed by atoms with Crippen molar-refractivity contribution >= 4 is 5.69 Å². The van der Waals surface area contributed by atoms with E-state index in [-0.39, 0.29) is 16.7 Å². The normalized spacial score (nSPS) is 16.5. The summed E-state index contributed by atoms with van der Waals surface area (Å²) in [6.07, 6.45) is 0.886. The molecule has 1 heterocycles. The van der Waals surface area contributed by atoms with Crippen LogP contribution in [-0.4, -0.2) is 43.6 Å². The summed E-state index contributed by atoms with van der Waals surface area (Å²) in [4.78, 5) is 13.1. The molecule has 1 N–H and O–H groups in total. The second kappa shape index (κ2) is 7.63. The van der Waals surface area contributed by atoms with Crippen molar-refractivity contribution < 1.29 is 9.66 Å². The number of nitrogens with one attached hydrogen (secondary N) is 1. The largest absolute Gasteiger partial charge is 0.492 e. The van der Waals surface area contributed by atoms with Gasteiger partial charge in [-0.15, -0.1) is 0 Å². The van der Waals surface area contributed by atoms with Crippen LogP contribution in [0.3, 0.4) is 0 Å². The quantitative estimate of drug-likeness (QED) is 0.646. The highest BCUT2D eigenvalue weighted by Gasteiger charge is 2.27. The van der Waals surface area contributed by atoms with Crippen LogP contribution < -0.4 is 10.1 Å². The van der Waals surface area contributed by atoms with Gasteiger partial charge in [-0.05, 0) is 43.8 Å². The fourth-order valence-electron chi connectivity index (χ4n) is 3.15. The van der Waals surface area contributed by atoms with E-state index in [0.717, 1.165) is 30.8 Å². The minimum atomic E-state index is -0.315. The van der Waals surface area contributed by atoms with Gasteiger partial charge in [0.1, 0.15) is 12.4 Å². The average molecular weight is 341 g/mol. The zero-order chi connectivity index (χ0) is 17.8. The van der Waals surface area contributed by atoms with E-state index in [2.05, 4.69) is 16.3 Å². The van der Waals surface area contributed by atoms with Gasteiger partial charge in [0.05, 0.1) is 16.5 Å². The van der Waals surface area contributed by atoms with Crippen LogP contribution in [0, 0.1) is 10.1 Å². The van der Waals surface area contributed by atoms with Crippen LogP contribution in [0.5, 0.6) is 5.75 Å². The van der Waals surface area contributed by atoms with E-state index < -0.39 is 0 Å². The van der Waals surface area contributed by atoms with Crippen molar-refractivity contribution in [2.75, 3.05) is 33.8 Å². The molecular weight excluding hydrogens is 318 g/mol. The molecule has 0 aromatic heterocycles. The van der Waals surface area contributed by atoms with E-state index in [1.54, 1.807) is 12.1 Å². The lowest BCUT2D eigenvalue weighted by Crippen LogP contribution is -2.31. The fraction of sp³-hybridized carbons (Fsp3) is 0.368. The molecule has 25 heavy (non-hydrogen) atoms. The molecule has 0 saturated heterocycles. The molecule has 2 aromatic carbocycles. The molecule has 0 saturated carbocycles. The lowest BCUT2D eigenvalue weighted by Gasteiger charge is -2.27. The Morgan fingerprint density at radius 2 is 2.04 bits per heavy atom. The van der Waals surface area contributed by atoms with E-state index in [1.165, 1.54) is 5.56 Å². The molecule has 3 rings (SSSR count). The third-order valence-corrected chi connectivity index (χ3v) is 4.42. The van der Waals surface area contributed by atoms with Gasteiger partial charge in [0.2, 0.25) is 0 Å². The average Bonchev–Trinajstić information content (AvgIpc) is 2.60. The number of nitro groups is 1. The second-order valence-electron chi connectivity index (χ2n) is 6.47. The number of nitro benzene ring substituents is 1. The maximum absolute atomic E-state index is 11.4. The topological polar surface area (TPSA) is 67.6 Å². The van der Waals surface area contributed by atoms with Crippen molar-refractivity contribution in [1.82, 2.24) is 10.2 Å². The maximum atomic E-state index is 11.4. The van der Waals surface area contributed by atoms with Crippen molar-refractivity contribution in [2.45, 2.75) is 12.5 Å². The zero-order valence-corrected chi connectivity index (χ0v) is 14.6. The first-order valence-corrected chi connectivity index (χ1v) is 8.43. The summed E-state index contributed by atoms with van der Waals surface area (Å²) in [6.45, 7) is 2.28. The summed E-state index contributed by atoms with van der Waals surface area (Å²) in [5.41, 5.74) is 3.12. The van der Waals surface area contributed by atoms with Gasteiger partial charge in [0, 0.05) is 19.2 Å². The van der Waals surface area contributed by atoms with Crippen molar-refractivity contribution in [2.24, 2.45) is 0 Å². The molecule has 1 aliphatic heterocycles. The third kappa shape index (κ3) is 3.97. The van der Waals surface area contributed by atoms with Gasteiger partial charge in [-0.1, -0.05) is 24.3 Å². The van der Waals surface area contributed by atoms with Crippen LogP contribution in [0.25, 0.3) is 0 Å². The summed E-state index contributed by atoms with van der Waals surface area (Å²) < 4.78 is 5.82. The van der Waals surface area contributed by atoms with E-state index in [9.17, 15) is 10.1 Å². The van der Waals surface area contributed by atoms with Crippen molar-refractivity contribution in [1.29, 1.82) is 0 Å². The Morgan fingerprint density at radius 1 is 1.24 bits per heavy atom. The zero-order valence-electron chi connectivity index (χ0n) is 14.6. The molecular formula is C19H23N3O3. The number of fused-ring (bicyclic) bond motifs is 1. The molecule has 2 aromatic rings. The Morgan fingerprint density at radius 3 is 2.80 bits per heavy atom. The smallest absolute Gasteiger partial charge is 0.274 e. The van der Waals surface area contributed by atoms with Gasteiger partial charge in [-0.2, -0.15) is 0 Å². The second-order valence-corrected chi connectivity index (χ2v) is 6.47. The maximum Gasteiger partial charge on any atom is 0.274 e. The molecule has 0 bridgehead atoms. The molecule has 0 aliphatic carbocycles. The van der Waals surface area contributed by atoms with Gasteiger partial charge >= 0.3 is 0 Å². The Hall–Kier alpha value is -2.44. The molecule has 0 fully saturated rings. The third-order valence-electron chi connectivity index (χ3n) is 4.42. The van der Waals surface area contributed by atoms with Crippen LogP contribution in [0.15, 0.2) is 42.5 Å². The van der Waals surface area contributed by atoms with Crippen molar-refractivity contribution in [3.05, 3.63) is 69.3 Å². The number of benzene rings is 2. The molecule has 0 spiro atoms. The van der Waals surface area contributed by atoms with E-state index in [1.807, 2.05) is 38.4 Å². The van der Waals surface area contributed by atoms with Crippen LogP contribution >= 0.6 is 0 Å². The highest BCUT2D eigenvalue weighted by Crippen LogP contribution is 2.35. The Balaban J connectivity index is 1.87. The summed E-state index contributed by atoms with van der Waals surface area (Å²) in [5, 5.41) is 14.8. The highest BCUT2D eigenvalue weighted by molar-refractivity contribution is 5.50. The number of ether oxygens (including phenoxy) is 1. The number of nitrogens with zero attached hydrogens (tertiary/aromatic N) is 2. The van der Waals surface area contributed by atoms with Crippen molar-refractivity contribution in [3.63, 3.8) is 0 Å². The molecule has 1 aliphatic rings. The molecule has 6 heteroatoms. The minimum absolute atomic E-state index is 0.152. The summed E-state index contributed by atoms with van der Waals surface area (Å²) in [6, 6.07) is 12.8. The van der Waals surface area contributed by atoms with E-state index >= 15 is 0 Å². The van der Waals surface area contributed by atoms with Gasteiger partial charge in [0.25, 0.3) is 5.69 Å². The lowest BCUT2D eigenvalue weighted by atomic mass is 9.89. The Bertz CT molecular complexity index is 761. The predicted molar refractivity (Wildman–Crippen MR) is 97.1 cm³/mol. The summed E-state index contributed by atoms with van der Waals surface area (Å²) in [7, 11) is 4.03. The number of para-hydroxylation sites is 1. The number of likely N-dealkylation sites (N-methyl/N-ethyl adjacent to an activating group) is 1. The Kier molecular flexibility index (Phi) is 5.31. The number of hydrogen-bond acceptors (Lipinski definition) is 5. The first-order chi connectivity index (χ1) is 12.1. The highest BCUT2D eigenvalue weighted by atomic mass is 16.6. The van der Waals surface area contributed by atoms with Crippen molar-refractivity contribution in [3.8, 4) is 5.75 Å².